The van der Waals surface area contributed by atoms with Gasteiger partial charge in [-0.25, -0.2) is 0 Å². The Hall–Kier alpha value is -1.85. The van der Waals surface area contributed by atoms with Crippen LogP contribution in [-0.4, -0.2) is 42.4 Å². The van der Waals surface area contributed by atoms with E-state index in [9.17, 15) is 9.59 Å². The van der Waals surface area contributed by atoms with E-state index in [2.05, 4.69) is 5.32 Å². The molecule has 1 fully saturated rings. The maximum atomic E-state index is 12.1. The Morgan fingerprint density at radius 2 is 2.05 bits per heavy atom. The fourth-order valence-corrected chi connectivity index (χ4v) is 2.19. The standard InChI is InChI=1S/C14H16ClN3O2/c15-11-4-1-10(2-5-11)3-6-13(19)18-8-7-17-9-12(18)14(16)20/h1-6,12,17H,7-9H2,(H2,16,20). The number of nitrogens with zero attached hydrogens (tertiary/aromatic N) is 1. The molecule has 1 aromatic rings. The normalized spacial score (nSPS) is 19.2. The van der Waals surface area contributed by atoms with E-state index in [1.165, 1.54) is 11.0 Å². The highest BCUT2D eigenvalue weighted by Crippen LogP contribution is 2.11. The number of amides is 2. The lowest BCUT2D eigenvalue weighted by Gasteiger charge is -2.33. The van der Waals surface area contributed by atoms with E-state index in [1.54, 1.807) is 18.2 Å². The molecule has 3 N–H and O–H groups in total. The van der Waals surface area contributed by atoms with Crippen molar-refractivity contribution in [1.82, 2.24) is 10.2 Å². The lowest BCUT2D eigenvalue weighted by atomic mass is 10.1. The smallest absolute Gasteiger partial charge is 0.247 e. The second-order valence-electron chi connectivity index (χ2n) is 4.54. The van der Waals surface area contributed by atoms with E-state index < -0.39 is 11.9 Å². The highest BCUT2D eigenvalue weighted by atomic mass is 35.5. The molecule has 1 saturated heterocycles. The van der Waals surface area contributed by atoms with E-state index >= 15 is 0 Å². The molecule has 1 aliphatic heterocycles. The maximum absolute atomic E-state index is 12.1. The van der Waals surface area contributed by atoms with Crippen molar-refractivity contribution in [3.63, 3.8) is 0 Å². The number of carbonyl (C=O) groups excluding carboxylic acids is 2. The Kier molecular flexibility index (Phi) is 4.76. The average molecular weight is 294 g/mol. The molecule has 2 rings (SSSR count). The third kappa shape index (κ3) is 3.59. The minimum atomic E-state index is -0.592. The summed E-state index contributed by atoms with van der Waals surface area (Å²) in [6.07, 6.45) is 3.14. The summed E-state index contributed by atoms with van der Waals surface area (Å²) in [5, 5.41) is 3.69. The zero-order valence-corrected chi connectivity index (χ0v) is 11.6. The molecular formula is C14H16ClN3O2. The Bertz CT molecular complexity index is 528. The van der Waals surface area contributed by atoms with Gasteiger partial charge in [0.15, 0.2) is 0 Å². The Morgan fingerprint density at radius 1 is 1.35 bits per heavy atom. The zero-order chi connectivity index (χ0) is 14.5. The van der Waals surface area contributed by atoms with Crippen molar-refractivity contribution in [2.24, 2.45) is 5.73 Å². The highest BCUT2D eigenvalue weighted by molar-refractivity contribution is 6.30. The van der Waals surface area contributed by atoms with Gasteiger partial charge < -0.3 is 16.0 Å². The van der Waals surface area contributed by atoms with Crippen LogP contribution in [0.15, 0.2) is 30.3 Å². The Labute approximate surface area is 122 Å². The van der Waals surface area contributed by atoms with E-state index in [0.29, 0.717) is 24.7 Å². The quantitative estimate of drug-likeness (QED) is 0.803. The second-order valence-corrected chi connectivity index (χ2v) is 4.98. The largest absolute Gasteiger partial charge is 0.368 e. The van der Waals surface area contributed by atoms with Gasteiger partial charge in [-0.05, 0) is 23.8 Å². The Morgan fingerprint density at radius 3 is 2.70 bits per heavy atom. The average Bonchev–Trinajstić information content (AvgIpc) is 2.46. The number of nitrogens with one attached hydrogen (secondary N) is 1. The molecular weight excluding hydrogens is 278 g/mol. The van der Waals surface area contributed by atoms with Crippen LogP contribution in [0.1, 0.15) is 5.56 Å². The first-order valence-electron chi connectivity index (χ1n) is 6.32. The molecule has 1 atom stereocenters. The lowest BCUT2D eigenvalue weighted by Crippen LogP contribution is -2.58. The number of primary amides is 1. The van der Waals surface area contributed by atoms with Crippen LogP contribution in [0.3, 0.4) is 0 Å². The first kappa shape index (κ1) is 14.6. The predicted molar refractivity (Wildman–Crippen MR) is 78.1 cm³/mol. The van der Waals surface area contributed by atoms with Gasteiger partial charge in [-0.1, -0.05) is 23.7 Å². The monoisotopic (exact) mass is 293 g/mol. The van der Waals surface area contributed by atoms with Crippen LogP contribution in [-0.2, 0) is 9.59 Å². The van der Waals surface area contributed by atoms with Crippen LogP contribution in [0.25, 0.3) is 6.08 Å². The summed E-state index contributed by atoms with van der Waals surface area (Å²) < 4.78 is 0. The van der Waals surface area contributed by atoms with Gasteiger partial charge >= 0.3 is 0 Å². The van der Waals surface area contributed by atoms with Crippen LogP contribution in [0, 0.1) is 0 Å². The van der Waals surface area contributed by atoms with Crippen LogP contribution in [0.4, 0.5) is 0 Å². The van der Waals surface area contributed by atoms with E-state index in [1.807, 2.05) is 12.1 Å². The first-order chi connectivity index (χ1) is 9.58. The summed E-state index contributed by atoms with van der Waals surface area (Å²) in [6, 6.07) is 6.54. The van der Waals surface area contributed by atoms with Crippen molar-refractivity contribution in [3.05, 3.63) is 40.9 Å². The number of hydrogen-bond acceptors (Lipinski definition) is 3. The first-order valence-corrected chi connectivity index (χ1v) is 6.70. The molecule has 0 bridgehead atoms. The number of halogens is 1. The van der Waals surface area contributed by atoms with Crippen molar-refractivity contribution >= 4 is 29.5 Å². The van der Waals surface area contributed by atoms with Gasteiger partial charge in [-0.3, -0.25) is 9.59 Å². The van der Waals surface area contributed by atoms with Gasteiger partial charge in [0, 0.05) is 30.7 Å². The number of rotatable bonds is 3. The molecule has 20 heavy (non-hydrogen) atoms. The number of nitrogens with two attached hydrogens (primary N) is 1. The van der Waals surface area contributed by atoms with Gasteiger partial charge in [-0.15, -0.1) is 0 Å². The minimum Gasteiger partial charge on any atom is -0.368 e. The molecule has 6 heteroatoms. The summed E-state index contributed by atoms with van der Waals surface area (Å²) in [7, 11) is 0. The Balaban J connectivity index is 2.06. The fraction of sp³-hybridized carbons (Fsp3) is 0.286. The number of hydrogen-bond donors (Lipinski definition) is 2. The second kappa shape index (κ2) is 6.54. The lowest BCUT2D eigenvalue weighted by molar-refractivity contribution is -0.136. The summed E-state index contributed by atoms with van der Waals surface area (Å²) in [4.78, 5) is 25.0. The van der Waals surface area contributed by atoms with Crippen molar-refractivity contribution in [2.75, 3.05) is 19.6 Å². The van der Waals surface area contributed by atoms with Crippen LogP contribution < -0.4 is 11.1 Å². The topological polar surface area (TPSA) is 75.4 Å². The van der Waals surface area contributed by atoms with Crippen molar-refractivity contribution < 1.29 is 9.59 Å². The molecule has 0 saturated carbocycles. The molecule has 5 nitrogen and oxygen atoms in total. The number of piperazine rings is 1. The number of benzene rings is 1. The molecule has 0 aliphatic carbocycles. The highest BCUT2D eigenvalue weighted by Gasteiger charge is 2.29. The molecule has 1 heterocycles. The zero-order valence-electron chi connectivity index (χ0n) is 10.9. The van der Waals surface area contributed by atoms with Gasteiger partial charge in [0.25, 0.3) is 0 Å². The number of carbonyl (C=O) groups is 2. The summed E-state index contributed by atoms with van der Waals surface area (Å²) in [5.74, 6) is -0.712. The molecule has 2 amide bonds. The molecule has 1 aliphatic rings. The fourth-order valence-electron chi connectivity index (χ4n) is 2.06. The molecule has 1 unspecified atom stereocenters. The van der Waals surface area contributed by atoms with E-state index in [0.717, 1.165) is 5.56 Å². The summed E-state index contributed by atoms with van der Waals surface area (Å²) in [5.41, 5.74) is 6.18. The molecule has 0 spiro atoms. The summed E-state index contributed by atoms with van der Waals surface area (Å²) >= 11 is 5.79. The van der Waals surface area contributed by atoms with Crippen molar-refractivity contribution in [1.29, 1.82) is 0 Å². The van der Waals surface area contributed by atoms with Gasteiger partial charge in [-0.2, -0.15) is 0 Å². The van der Waals surface area contributed by atoms with Gasteiger partial charge in [0.05, 0.1) is 0 Å². The van der Waals surface area contributed by atoms with Gasteiger partial charge in [0.1, 0.15) is 6.04 Å². The van der Waals surface area contributed by atoms with E-state index in [-0.39, 0.29) is 5.91 Å². The molecule has 106 valence electrons. The molecule has 0 radical (unpaired) electrons. The SMILES string of the molecule is NC(=O)C1CNCCN1C(=O)C=Cc1ccc(Cl)cc1. The van der Waals surface area contributed by atoms with Crippen LogP contribution in [0.2, 0.25) is 5.02 Å². The molecule has 1 aromatic carbocycles. The van der Waals surface area contributed by atoms with Crippen LogP contribution in [0.5, 0.6) is 0 Å². The van der Waals surface area contributed by atoms with Crippen LogP contribution >= 0.6 is 11.6 Å². The van der Waals surface area contributed by atoms with Crippen molar-refractivity contribution in [3.8, 4) is 0 Å². The summed E-state index contributed by atoms with van der Waals surface area (Å²) in [6.45, 7) is 1.53. The maximum Gasteiger partial charge on any atom is 0.247 e. The third-order valence-corrected chi connectivity index (χ3v) is 3.40. The van der Waals surface area contributed by atoms with Crippen molar-refractivity contribution in [2.45, 2.75) is 6.04 Å². The minimum absolute atomic E-state index is 0.217. The molecule has 0 aromatic heterocycles. The third-order valence-electron chi connectivity index (χ3n) is 3.14. The van der Waals surface area contributed by atoms with Gasteiger partial charge in [0.2, 0.25) is 11.8 Å². The van der Waals surface area contributed by atoms with E-state index in [4.69, 9.17) is 17.3 Å². The predicted octanol–water partition coefficient (Wildman–Crippen LogP) is 0.639.